The lowest BCUT2D eigenvalue weighted by Crippen LogP contribution is -2.47. The average Bonchev–Trinajstić information content (AvgIpc) is 2.25. The van der Waals surface area contributed by atoms with Gasteiger partial charge >= 0.3 is 8.80 Å². The Morgan fingerprint density at radius 3 is 2.07 bits per heavy atom. The monoisotopic (exact) mass is 218 g/mol. The van der Waals surface area contributed by atoms with E-state index < -0.39 is 8.80 Å². The molecular weight excluding hydrogens is 200 g/mol. The number of hydrogen-bond donors (Lipinski definition) is 1. The summed E-state index contributed by atoms with van der Waals surface area (Å²) in [6.45, 7) is 0.555. The Kier molecular flexibility index (Phi) is 6.70. The van der Waals surface area contributed by atoms with Crippen LogP contribution in [0.3, 0.4) is 0 Å². The van der Waals surface area contributed by atoms with E-state index in [9.17, 15) is 0 Å². The molecule has 0 aliphatic heterocycles. The summed E-state index contributed by atoms with van der Waals surface area (Å²) in [6, 6.07) is 2.16. The minimum atomic E-state index is -2.80. The van der Waals surface area contributed by atoms with Gasteiger partial charge in [-0.2, -0.15) is 5.26 Å². The first-order valence-corrected chi connectivity index (χ1v) is 6.26. The minimum absolute atomic E-state index is 0.342. The van der Waals surface area contributed by atoms with Crippen molar-refractivity contribution in [1.29, 1.82) is 5.26 Å². The number of rotatable bonds is 7. The predicted octanol–water partition coefficient (Wildman–Crippen LogP) is 0.497. The van der Waals surface area contributed by atoms with Crippen LogP contribution < -0.4 is 5.73 Å². The van der Waals surface area contributed by atoms with E-state index in [1.807, 2.05) is 0 Å². The Labute approximate surface area is 86.1 Å². The highest BCUT2D eigenvalue weighted by Crippen LogP contribution is 2.27. The van der Waals surface area contributed by atoms with E-state index in [1.165, 1.54) is 21.3 Å². The summed E-state index contributed by atoms with van der Waals surface area (Å²) in [5.41, 5.74) is 5.04. The molecule has 0 saturated carbocycles. The fourth-order valence-electron chi connectivity index (χ4n) is 1.32. The molecular formula is C8H18N2O3Si. The molecule has 0 aromatic rings. The molecule has 82 valence electrons. The molecule has 14 heavy (non-hydrogen) atoms. The average molecular weight is 218 g/mol. The molecule has 0 aromatic heterocycles. The van der Waals surface area contributed by atoms with Crippen molar-refractivity contribution in [2.24, 2.45) is 5.73 Å². The van der Waals surface area contributed by atoms with E-state index in [1.54, 1.807) is 0 Å². The molecule has 1 atom stereocenters. The molecule has 0 fully saturated rings. The zero-order valence-electron chi connectivity index (χ0n) is 8.95. The molecule has 1 unspecified atom stereocenters. The maximum atomic E-state index is 8.99. The van der Waals surface area contributed by atoms with E-state index in [2.05, 4.69) is 6.07 Å². The van der Waals surface area contributed by atoms with Crippen molar-refractivity contribution in [2.75, 3.05) is 27.9 Å². The first-order valence-electron chi connectivity index (χ1n) is 4.45. The van der Waals surface area contributed by atoms with E-state index in [4.69, 9.17) is 24.3 Å². The summed E-state index contributed by atoms with van der Waals surface area (Å²) in [4.78, 5) is 0. The smallest absolute Gasteiger partial charge is 0.376 e. The topological polar surface area (TPSA) is 77.5 Å². The van der Waals surface area contributed by atoms with Crippen LogP contribution in [-0.2, 0) is 13.3 Å². The molecule has 0 heterocycles. The van der Waals surface area contributed by atoms with Crippen molar-refractivity contribution in [3.05, 3.63) is 0 Å². The fourth-order valence-corrected chi connectivity index (χ4v) is 3.39. The van der Waals surface area contributed by atoms with Gasteiger partial charge in [-0.15, -0.1) is 0 Å². The normalized spacial score (nSPS) is 13.6. The van der Waals surface area contributed by atoms with Crippen LogP contribution in [0, 0.1) is 11.3 Å². The predicted molar refractivity (Wildman–Crippen MR) is 54.4 cm³/mol. The van der Waals surface area contributed by atoms with E-state index in [0.717, 1.165) is 6.42 Å². The highest BCUT2D eigenvalue weighted by molar-refractivity contribution is 6.63. The van der Waals surface area contributed by atoms with E-state index in [-0.39, 0.29) is 5.54 Å². The van der Waals surface area contributed by atoms with Crippen LogP contribution >= 0.6 is 0 Å². The molecule has 0 saturated heterocycles. The highest BCUT2D eigenvalue weighted by Gasteiger charge is 2.47. The van der Waals surface area contributed by atoms with Crippen LogP contribution in [0.1, 0.15) is 12.8 Å². The highest BCUT2D eigenvalue weighted by atomic mass is 28.4. The Morgan fingerprint density at radius 2 is 1.79 bits per heavy atom. The second-order valence-corrected chi connectivity index (χ2v) is 5.96. The van der Waals surface area contributed by atoms with Gasteiger partial charge in [-0.1, -0.05) is 0 Å². The minimum Gasteiger partial charge on any atom is -0.376 e. The number of nitrogens with zero attached hydrogens (tertiary/aromatic N) is 1. The third kappa shape index (κ3) is 3.04. The lowest BCUT2D eigenvalue weighted by molar-refractivity contribution is 0.116. The van der Waals surface area contributed by atoms with Crippen LogP contribution in [-0.4, -0.2) is 36.7 Å². The van der Waals surface area contributed by atoms with Gasteiger partial charge in [0.15, 0.2) is 0 Å². The van der Waals surface area contributed by atoms with E-state index in [0.29, 0.717) is 13.0 Å². The molecule has 5 nitrogen and oxygen atoms in total. The molecule has 2 N–H and O–H groups in total. The third-order valence-electron chi connectivity index (χ3n) is 2.13. The molecule has 0 rings (SSSR count). The van der Waals surface area contributed by atoms with Crippen molar-refractivity contribution < 1.29 is 13.3 Å². The van der Waals surface area contributed by atoms with Gasteiger partial charge in [0.1, 0.15) is 5.54 Å². The number of hydrogen-bond acceptors (Lipinski definition) is 5. The second kappa shape index (κ2) is 6.92. The fraction of sp³-hybridized carbons (Fsp3) is 0.875. The lowest BCUT2D eigenvalue weighted by atomic mass is 10.2. The molecule has 0 aliphatic carbocycles. The van der Waals surface area contributed by atoms with E-state index >= 15 is 0 Å². The Balaban J connectivity index is 4.51. The van der Waals surface area contributed by atoms with Gasteiger partial charge in [0.05, 0.1) is 6.07 Å². The van der Waals surface area contributed by atoms with Crippen LogP contribution in [0.4, 0.5) is 0 Å². The lowest BCUT2D eigenvalue weighted by Gasteiger charge is -2.28. The molecule has 6 heteroatoms. The number of nitrogens with two attached hydrogens (primary N) is 1. The van der Waals surface area contributed by atoms with Crippen LogP contribution in [0.2, 0.25) is 5.54 Å². The summed E-state index contributed by atoms with van der Waals surface area (Å²) in [7, 11) is 1.72. The zero-order valence-corrected chi connectivity index (χ0v) is 9.95. The summed E-state index contributed by atoms with van der Waals surface area (Å²) in [5.74, 6) is 0. The standard InChI is InChI=1S/C8H18N2O3Si/c1-11-14(12-2,13-3)8(7-10)5-4-6-9/h8H,4-6,9H2,1-3H3. The van der Waals surface area contributed by atoms with Crippen molar-refractivity contribution in [3.63, 3.8) is 0 Å². The Bertz CT molecular complexity index is 183. The van der Waals surface area contributed by atoms with Crippen molar-refractivity contribution in [3.8, 4) is 6.07 Å². The van der Waals surface area contributed by atoms with Crippen LogP contribution in [0.25, 0.3) is 0 Å². The van der Waals surface area contributed by atoms with Crippen LogP contribution in [0.15, 0.2) is 0 Å². The van der Waals surface area contributed by atoms with Gasteiger partial charge < -0.3 is 19.0 Å². The maximum absolute atomic E-state index is 8.99. The van der Waals surface area contributed by atoms with Crippen molar-refractivity contribution >= 4 is 8.80 Å². The quantitative estimate of drug-likeness (QED) is 0.629. The molecule has 0 aliphatic rings. The molecule has 0 amide bonds. The second-order valence-electron chi connectivity index (χ2n) is 2.83. The zero-order chi connectivity index (χ0) is 11.0. The maximum Gasteiger partial charge on any atom is 0.518 e. The van der Waals surface area contributed by atoms with Gasteiger partial charge in [0, 0.05) is 21.3 Å². The first-order chi connectivity index (χ1) is 6.70. The SMILES string of the molecule is CO[Si](OC)(OC)C(C#N)CCCN. The molecule has 0 bridgehead atoms. The summed E-state index contributed by atoms with van der Waals surface area (Å²) in [5, 5.41) is 8.99. The molecule has 0 spiro atoms. The van der Waals surface area contributed by atoms with Gasteiger partial charge in [0.25, 0.3) is 0 Å². The van der Waals surface area contributed by atoms with Crippen molar-refractivity contribution in [2.45, 2.75) is 18.4 Å². The van der Waals surface area contributed by atoms with Gasteiger partial charge in [-0.05, 0) is 19.4 Å². The summed E-state index contributed by atoms with van der Waals surface area (Å²) in [6.07, 6.45) is 1.41. The number of nitriles is 1. The van der Waals surface area contributed by atoms with Crippen LogP contribution in [0.5, 0.6) is 0 Å². The Morgan fingerprint density at radius 1 is 1.29 bits per heavy atom. The van der Waals surface area contributed by atoms with Crippen molar-refractivity contribution in [1.82, 2.24) is 0 Å². The summed E-state index contributed by atoms with van der Waals surface area (Å²) < 4.78 is 15.7. The summed E-state index contributed by atoms with van der Waals surface area (Å²) >= 11 is 0. The van der Waals surface area contributed by atoms with Gasteiger partial charge in [-0.3, -0.25) is 0 Å². The first kappa shape index (κ1) is 13.5. The van der Waals surface area contributed by atoms with Gasteiger partial charge in [0.2, 0.25) is 0 Å². The third-order valence-corrected chi connectivity index (χ3v) is 5.11. The van der Waals surface area contributed by atoms with Gasteiger partial charge in [-0.25, -0.2) is 0 Å². The largest absolute Gasteiger partial charge is 0.518 e. The Hall–Kier alpha value is -0.453. The molecule has 0 aromatic carbocycles. The molecule has 0 radical (unpaired) electrons.